The van der Waals surface area contributed by atoms with E-state index in [1.807, 2.05) is 0 Å². The number of carbonyl (C=O) groups excluding carboxylic acids is 1. The number of carbonyl (C=O) groups is 1. The topological polar surface area (TPSA) is 39.2 Å². The molecule has 0 saturated heterocycles. The van der Waals surface area contributed by atoms with E-state index in [0.29, 0.717) is 12.2 Å². The molecule has 1 heterocycles. The van der Waals surface area contributed by atoms with E-state index in [1.54, 1.807) is 25.3 Å². The van der Waals surface area contributed by atoms with E-state index in [4.69, 9.17) is 4.74 Å². The third-order valence-electron chi connectivity index (χ3n) is 1.51. The summed E-state index contributed by atoms with van der Waals surface area (Å²) in [5.74, 6) is -0.348. The molecule has 68 valence electrons. The van der Waals surface area contributed by atoms with Crippen molar-refractivity contribution in [1.29, 1.82) is 0 Å². The maximum absolute atomic E-state index is 11.2. The lowest BCUT2D eigenvalue weighted by Gasteiger charge is -2.01. The van der Waals surface area contributed by atoms with Gasteiger partial charge in [0.25, 0.3) is 0 Å². The maximum atomic E-state index is 11.2. The van der Waals surface area contributed by atoms with Crippen molar-refractivity contribution < 1.29 is 9.53 Å². The summed E-state index contributed by atoms with van der Waals surface area (Å²) >= 11 is 0. The van der Waals surface area contributed by atoms with E-state index in [0.717, 1.165) is 5.56 Å². The fraction of sp³-hybridized carbons (Fsp3) is 0.200. The Bertz CT molecular complexity index is 320. The number of rotatable bonds is 3. The zero-order chi connectivity index (χ0) is 9.68. The highest BCUT2D eigenvalue weighted by atomic mass is 16.5. The zero-order valence-electron chi connectivity index (χ0n) is 7.49. The number of hydrogen-bond donors (Lipinski definition) is 0. The first-order valence-electron chi connectivity index (χ1n) is 4.02. The van der Waals surface area contributed by atoms with Gasteiger partial charge < -0.3 is 4.74 Å². The first kappa shape index (κ1) is 9.45. The van der Waals surface area contributed by atoms with Gasteiger partial charge in [-0.1, -0.05) is 12.7 Å². The maximum Gasteiger partial charge on any atom is 0.339 e. The third-order valence-corrected chi connectivity index (χ3v) is 1.51. The van der Waals surface area contributed by atoms with Crippen molar-refractivity contribution in [2.24, 2.45) is 0 Å². The SMILES string of the molecule is C=Cc1cncc(C(=O)OCC)c1. The highest BCUT2D eigenvalue weighted by Crippen LogP contribution is 2.05. The van der Waals surface area contributed by atoms with Crippen LogP contribution in [0.25, 0.3) is 6.08 Å². The van der Waals surface area contributed by atoms with Crippen molar-refractivity contribution in [3.05, 3.63) is 36.2 Å². The number of hydrogen-bond acceptors (Lipinski definition) is 3. The van der Waals surface area contributed by atoms with Crippen LogP contribution in [0.3, 0.4) is 0 Å². The van der Waals surface area contributed by atoms with E-state index < -0.39 is 0 Å². The molecule has 3 nitrogen and oxygen atoms in total. The lowest BCUT2D eigenvalue weighted by molar-refractivity contribution is 0.0526. The average molecular weight is 177 g/mol. The molecular weight excluding hydrogens is 166 g/mol. The molecule has 1 rings (SSSR count). The summed E-state index contributed by atoms with van der Waals surface area (Å²) in [4.78, 5) is 15.1. The van der Waals surface area contributed by atoms with Crippen molar-refractivity contribution in [1.82, 2.24) is 4.98 Å². The Morgan fingerprint density at radius 3 is 3.08 bits per heavy atom. The standard InChI is InChI=1S/C10H11NO2/c1-3-8-5-9(7-11-6-8)10(12)13-4-2/h3,5-7H,1,4H2,2H3. The van der Waals surface area contributed by atoms with E-state index >= 15 is 0 Å². The van der Waals surface area contributed by atoms with Crippen molar-refractivity contribution in [3.63, 3.8) is 0 Å². The van der Waals surface area contributed by atoms with Crippen LogP contribution in [0, 0.1) is 0 Å². The minimum atomic E-state index is -0.348. The van der Waals surface area contributed by atoms with Crippen LogP contribution in [-0.2, 0) is 4.74 Å². The quantitative estimate of drug-likeness (QED) is 0.662. The Morgan fingerprint density at radius 1 is 1.69 bits per heavy atom. The first-order chi connectivity index (χ1) is 6.27. The molecule has 0 aliphatic rings. The van der Waals surface area contributed by atoms with Gasteiger partial charge in [-0.25, -0.2) is 4.79 Å². The highest BCUT2D eigenvalue weighted by molar-refractivity contribution is 5.89. The van der Waals surface area contributed by atoms with Gasteiger partial charge in [-0.05, 0) is 18.6 Å². The molecular formula is C10H11NO2. The molecule has 0 bridgehead atoms. The summed E-state index contributed by atoms with van der Waals surface area (Å²) in [6.07, 6.45) is 4.75. The van der Waals surface area contributed by atoms with E-state index in [2.05, 4.69) is 11.6 Å². The van der Waals surface area contributed by atoms with Crippen molar-refractivity contribution >= 4 is 12.0 Å². The molecule has 0 amide bonds. The summed E-state index contributed by atoms with van der Waals surface area (Å²) in [6, 6.07) is 1.69. The van der Waals surface area contributed by atoms with Gasteiger partial charge >= 0.3 is 5.97 Å². The number of aromatic nitrogens is 1. The van der Waals surface area contributed by atoms with Gasteiger partial charge in [0, 0.05) is 12.4 Å². The Labute approximate surface area is 77.1 Å². The Hall–Kier alpha value is -1.64. The highest BCUT2D eigenvalue weighted by Gasteiger charge is 2.05. The van der Waals surface area contributed by atoms with Gasteiger partial charge in [0.15, 0.2) is 0 Å². The molecule has 0 radical (unpaired) electrons. The van der Waals surface area contributed by atoms with Crippen molar-refractivity contribution in [3.8, 4) is 0 Å². The van der Waals surface area contributed by atoms with Crippen molar-refractivity contribution in [2.75, 3.05) is 6.61 Å². The Balaban J connectivity index is 2.88. The lowest BCUT2D eigenvalue weighted by Crippen LogP contribution is -2.05. The largest absolute Gasteiger partial charge is 0.462 e. The normalized spacial score (nSPS) is 9.31. The van der Waals surface area contributed by atoms with Crippen LogP contribution in [0.15, 0.2) is 25.0 Å². The summed E-state index contributed by atoms with van der Waals surface area (Å²) < 4.78 is 4.81. The average Bonchev–Trinajstić information content (AvgIpc) is 2.18. The van der Waals surface area contributed by atoms with Gasteiger partial charge in [0.1, 0.15) is 0 Å². The van der Waals surface area contributed by atoms with Crippen LogP contribution in [0.2, 0.25) is 0 Å². The number of ether oxygens (including phenoxy) is 1. The summed E-state index contributed by atoms with van der Waals surface area (Å²) in [7, 11) is 0. The molecule has 3 heteroatoms. The van der Waals surface area contributed by atoms with E-state index in [-0.39, 0.29) is 5.97 Å². The zero-order valence-corrected chi connectivity index (χ0v) is 7.49. The third kappa shape index (κ3) is 2.40. The Morgan fingerprint density at radius 2 is 2.46 bits per heavy atom. The molecule has 0 unspecified atom stereocenters. The molecule has 0 atom stereocenters. The van der Waals surface area contributed by atoms with Gasteiger partial charge in [-0.3, -0.25) is 4.98 Å². The predicted octanol–water partition coefficient (Wildman–Crippen LogP) is 1.90. The molecule has 0 aliphatic heterocycles. The lowest BCUT2D eigenvalue weighted by atomic mass is 10.2. The molecule has 13 heavy (non-hydrogen) atoms. The Kier molecular flexibility index (Phi) is 3.20. The second-order valence-corrected chi connectivity index (χ2v) is 2.43. The smallest absolute Gasteiger partial charge is 0.339 e. The molecule has 0 spiro atoms. The fourth-order valence-electron chi connectivity index (χ4n) is 0.895. The van der Waals surface area contributed by atoms with Gasteiger partial charge in [0.05, 0.1) is 12.2 Å². The molecule has 0 saturated carbocycles. The van der Waals surface area contributed by atoms with E-state index in [1.165, 1.54) is 6.20 Å². The minimum absolute atomic E-state index is 0.348. The summed E-state index contributed by atoms with van der Waals surface area (Å²) in [5, 5.41) is 0. The van der Waals surface area contributed by atoms with Gasteiger partial charge in [-0.15, -0.1) is 0 Å². The number of esters is 1. The fourth-order valence-corrected chi connectivity index (χ4v) is 0.895. The second-order valence-electron chi connectivity index (χ2n) is 2.43. The van der Waals surface area contributed by atoms with Crippen LogP contribution < -0.4 is 0 Å². The van der Waals surface area contributed by atoms with Gasteiger partial charge in [-0.2, -0.15) is 0 Å². The van der Waals surface area contributed by atoms with Crippen LogP contribution in [0.1, 0.15) is 22.8 Å². The molecule has 1 aromatic heterocycles. The molecule has 1 aromatic rings. The van der Waals surface area contributed by atoms with Gasteiger partial charge in [0.2, 0.25) is 0 Å². The molecule has 0 aliphatic carbocycles. The second kappa shape index (κ2) is 4.40. The van der Waals surface area contributed by atoms with Crippen LogP contribution in [0.4, 0.5) is 0 Å². The number of nitrogens with zero attached hydrogens (tertiary/aromatic N) is 1. The van der Waals surface area contributed by atoms with Crippen molar-refractivity contribution in [2.45, 2.75) is 6.92 Å². The molecule has 0 aromatic carbocycles. The van der Waals surface area contributed by atoms with Crippen LogP contribution in [0.5, 0.6) is 0 Å². The monoisotopic (exact) mass is 177 g/mol. The predicted molar refractivity (Wildman–Crippen MR) is 50.3 cm³/mol. The number of pyridine rings is 1. The first-order valence-corrected chi connectivity index (χ1v) is 4.02. The summed E-state index contributed by atoms with van der Waals surface area (Å²) in [6.45, 7) is 5.72. The summed E-state index contributed by atoms with van der Waals surface area (Å²) in [5.41, 5.74) is 1.27. The molecule has 0 N–H and O–H groups in total. The van der Waals surface area contributed by atoms with Crippen LogP contribution >= 0.6 is 0 Å². The van der Waals surface area contributed by atoms with E-state index in [9.17, 15) is 4.79 Å². The minimum Gasteiger partial charge on any atom is -0.462 e. The molecule has 0 fully saturated rings. The van der Waals surface area contributed by atoms with Crippen LogP contribution in [-0.4, -0.2) is 17.6 Å².